The zero-order valence-corrected chi connectivity index (χ0v) is 7.79. The maximum absolute atomic E-state index is 11.1. The number of hydrogen-bond donors (Lipinski definition) is 0. The Balaban J connectivity index is 2.21. The Morgan fingerprint density at radius 1 is 1.38 bits per heavy atom. The Kier molecular flexibility index (Phi) is 2.05. The number of carbonyl (C=O) groups excluding carboxylic acids is 1. The van der Waals surface area contributed by atoms with E-state index in [1.807, 2.05) is 6.07 Å². The molecular formula is C11H13NO. The van der Waals surface area contributed by atoms with Gasteiger partial charge in [-0.25, -0.2) is 0 Å². The summed E-state index contributed by atoms with van der Waals surface area (Å²) in [5.74, 6) is 0.349. The van der Waals surface area contributed by atoms with Crippen LogP contribution >= 0.6 is 0 Å². The Hall–Kier alpha value is -1.31. The summed E-state index contributed by atoms with van der Waals surface area (Å²) in [4.78, 5) is 13.2. The molecule has 1 aliphatic heterocycles. The SMILES string of the molecule is Cc1cccc(N2CCC(=O)C2)c1. The fourth-order valence-corrected chi connectivity index (χ4v) is 1.68. The first-order valence-corrected chi connectivity index (χ1v) is 4.59. The zero-order valence-electron chi connectivity index (χ0n) is 7.79. The fourth-order valence-electron chi connectivity index (χ4n) is 1.68. The number of aryl methyl sites for hydroxylation is 1. The Bertz CT molecular complexity index is 333. The lowest BCUT2D eigenvalue weighted by Crippen LogP contribution is -2.19. The van der Waals surface area contributed by atoms with Crippen molar-refractivity contribution >= 4 is 11.5 Å². The summed E-state index contributed by atoms with van der Waals surface area (Å²) in [7, 11) is 0. The number of hydrogen-bond acceptors (Lipinski definition) is 2. The van der Waals surface area contributed by atoms with Crippen LogP contribution in [0, 0.1) is 6.92 Å². The monoisotopic (exact) mass is 175 g/mol. The molecule has 1 aromatic carbocycles. The molecule has 2 heteroatoms. The minimum atomic E-state index is 0.349. The zero-order chi connectivity index (χ0) is 9.26. The van der Waals surface area contributed by atoms with Gasteiger partial charge in [0, 0.05) is 18.7 Å². The van der Waals surface area contributed by atoms with E-state index in [1.165, 1.54) is 11.3 Å². The first-order valence-electron chi connectivity index (χ1n) is 4.59. The van der Waals surface area contributed by atoms with Crippen LogP contribution < -0.4 is 4.90 Å². The van der Waals surface area contributed by atoms with Crippen molar-refractivity contribution in [3.63, 3.8) is 0 Å². The summed E-state index contributed by atoms with van der Waals surface area (Å²) in [5.41, 5.74) is 2.42. The predicted octanol–water partition coefficient (Wildman–Crippen LogP) is 1.77. The number of ketones is 1. The van der Waals surface area contributed by atoms with Gasteiger partial charge in [0.1, 0.15) is 0 Å². The van der Waals surface area contributed by atoms with Gasteiger partial charge in [0.2, 0.25) is 0 Å². The lowest BCUT2D eigenvalue weighted by Gasteiger charge is -2.16. The molecule has 1 fully saturated rings. The van der Waals surface area contributed by atoms with Gasteiger partial charge in [-0.15, -0.1) is 0 Å². The third kappa shape index (κ3) is 1.72. The van der Waals surface area contributed by atoms with Crippen molar-refractivity contribution < 1.29 is 4.79 Å². The second-order valence-corrected chi connectivity index (χ2v) is 3.55. The quantitative estimate of drug-likeness (QED) is 0.648. The van der Waals surface area contributed by atoms with E-state index in [9.17, 15) is 4.79 Å². The highest BCUT2D eigenvalue weighted by Gasteiger charge is 2.18. The minimum Gasteiger partial charge on any atom is -0.364 e. The molecule has 0 amide bonds. The molecule has 1 heterocycles. The number of rotatable bonds is 1. The molecule has 1 aliphatic rings. The van der Waals surface area contributed by atoms with Crippen LogP contribution in [0.3, 0.4) is 0 Å². The Morgan fingerprint density at radius 2 is 2.23 bits per heavy atom. The van der Waals surface area contributed by atoms with Gasteiger partial charge in [-0.1, -0.05) is 12.1 Å². The molecule has 0 saturated carbocycles. The van der Waals surface area contributed by atoms with Gasteiger partial charge in [-0.05, 0) is 24.6 Å². The summed E-state index contributed by atoms with van der Waals surface area (Å²) in [5, 5.41) is 0. The summed E-state index contributed by atoms with van der Waals surface area (Å²) >= 11 is 0. The number of anilines is 1. The van der Waals surface area contributed by atoms with Gasteiger partial charge in [0.05, 0.1) is 6.54 Å². The smallest absolute Gasteiger partial charge is 0.153 e. The average molecular weight is 175 g/mol. The second kappa shape index (κ2) is 3.21. The highest BCUT2D eigenvalue weighted by atomic mass is 16.1. The summed E-state index contributed by atoms with van der Waals surface area (Å²) < 4.78 is 0. The van der Waals surface area contributed by atoms with Crippen molar-refractivity contribution in [1.29, 1.82) is 0 Å². The lowest BCUT2D eigenvalue weighted by atomic mass is 10.2. The van der Waals surface area contributed by atoms with Crippen LogP contribution in [0.2, 0.25) is 0 Å². The van der Waals surface area contributed by atoms with Crippen LogP contribution in [-0.4, -0.2) is 18.9 Å². The number of carbonyl (C=O) groups is 1. The largest absolute Gasteiger partial charge is 0.364 e. The van der Waals surface area contributed by atoms with Gasteiger partial charge in [0.25, 0.3) is 0 Å². The van der Waals surface area contributed by atoms with E-state index in [0.29, 0.717) is 18.7 Å². The van der Waals surface area contributed by atoms with Crippen molar-refractivity contribution in [3.05, 3.63) is 29.8 Å². The molecule has 0 unspecified atom stereocenters. The molecule has 0 bridgehead atoms. The van der Waals surface area contributed by atoms with Gasteiger partial charge in [-0.3, -0.25) is 4.79 Å². The maximum atomic E-state index is 11.1. The minimum absolute atomic E-state index is 0.349. The summed E-state index contributed by atoms with van der Waals surface area (Å²) in [6, 6.07) is 8.29. The highest BCUT2D eigenvalue weighted by Crippen LogP contribution is 2.19. The molecule has 2 rings (SSSR count). The second-order valence-electron chi connectivity index (χ2n) is 3.55. The molecule has 68 valence electrons. The number of Topliss-reactive ketones (excluding diaryl/α,β-unsaturated/α-hetero) is 1. The van der Waals surface area contributed by atoms with Crippen molar-refractivity contribution in [2.24, 2.45) is 0 Å². The predicted molar refractivity (Wildman–Crippen MR) is 53.0 cm³/mol. The third-order valence-corrected chi connectivity index (χ3v) is 2.39. The fraction of sp³-hybridized carbons (Fsp3) is 0.364. The maximum Gasteiger partial charge on any atom is 0.153 e. The molecule has 0 atom stereocenters. The van der Waals surface area contributed by atoms with Crippen molar-refractivity contribution in [1.82, 2.24) is 0 Å². The topological polar surface area (TPSA) is 20.3 Å². The standard InChI is InChI=1S/C11H13NO/c1-9-3-2-4-10(7-9)12-6-5-11(13)8-12/h2-4,7H,5-6,8H2,1H3. The van der Waals surface area contributed by atoms with Crippen LogP contribution in [0.25, 0.3) is 0 Å². The number of nitrogens with zero attached hydrogens (tertiary/aromatic N) is 1. The van der Waals surface area contributed by atoms with E-state index in [-0.39, 0.29) is 0 Å². The van der Waals surface area contributed by atoms with E-state index in [0.717, 1.165) is 6.54 Å². The first kappa shape index (κ1) is 8.30. The molecule has 13 heavy (non-hydrogen) atoms. The average Bonchev–Trinajstić information content (AvgIpc) is 2.52. The number of benzene rings is 1. The summed E-state index contributed by atoms with van der Waals surface area (Å²) in [6.07, 6.45) is 0.702. The van der Waals surface area contributed by atoms with E-state index in [4.69, 9.17) is 0 Å². The van der Waals surface area contributed by atoms with Crippen molar-refractivity contribution in [3.8, 4) is 0 Å². The molecule has 0 N–H and O–H groups in total. The summed E-state index contributed by atoms with van der Waals surface area (Å²) in [6.45, 7) is 3.53. The van der Waals surface area contributed by atoms with Gasteiger partial charge in [-0.2, -0.15) is 0 Å². The van der Waals surface area contributed by atoms with E-state index >= 15 is 0 Å². The molecule has 2 nitrogen and oxygen atoms in total. The van der Waals surface area contributed by atoms with E-state index in [2.05, 4.69) is 30.0 Å². The molecule has 1 saturated heterocycles. The van der Waals surface area contributed by atoms with Crippen LogP contribution in [0.5, 0.6) is 0 Å². The van der Waals surface area contributed by atoms with Crippen molar-refractivity contribution in [2.45, 2.75) is 13.3 Å². The molecule has 1 aromatic rings. The molecule has 0 spiro atoms. The van der Waals surface area contributed by atoms with Crippen molar-refractivity contribution in [2.75, 3.05) is 18.0 Å². The van der Waals surface area contributed by atoms with Gasteiger partial charge in [0.15, 0.2) is 5.78 Å². The molecule has 0 aromatic heterocycles. The molecule has 0 radical (unpaired) electrons. The third-order valence-electron chi connectivity index (χ3n) is 2.39. The van der Waals surface area contributed by atoms with E-state index < -0.39 is 0 Å². The lowest BCUT2D eigenvalue weighted by molar-refractivity contribution is -0.116. The van der Waals surface area contributed by atoms with Crippen LogP contribution in [-0.2, 0) is 4.79 Å². The van der Waals surface area contributed by atoms with Gasteiger partial charge < -0.3 is 4.90 Å². The first-order chi connectivity index (χ1) is 6.25. The van der Waals surface area contributed by atoms with E-state index in [1.54, 1.807) is 0 Å². The molecule has 0 aliphatic carbocycles. The van der Waals surface area contributed by atoms with Crippen LogP contribution in [0.15, 0.2) is 24.3 Å². The van der Waals surface area contributed by atoms with Crippen LogP contribution in [0.4, 0.5) is 5.69 Å². The molecular weight excluding hydrogens is 162 g/mol. The Labute approximate surface area is 78.2 Å². The van der Waals surface area contributed by atoms with Gasteiger partial charge >= 0.3 is 0 Å². The highest BCUT2D eigenvalue weighted by molar-refractivity contribution is 5.87. The Morgan fingerprint density at radius 3 is 2.85 bits per heavy atom. The normalized spacial score (nSPS) is 16.7. The van der Waals surface area contributed by atoms with Crippen LogP contribution in [0.1, 0.15) is 12.0 Å².